The first-order valence-corrected chi connectivity index (χ1v) is 9.65. The van der Waals surface area contributed by atoms with E-state index in [2.05, 4.69) is 5.32 Å². The van der Waals surface area contributed by atoms with Crippen molar-refractivity contribution in [2.24, 2.45) is 5.92 Å². The number of nitrogens with one attached hydrogen (secondary N) is 1. The van der Waals surface area contributed by atoms with Crippen LogP contribution in [-0.2, 0) is 19.1 Å². The van der Waals surface area contributed by atoms with E-state index in [0.29, 0.717) is 5.69 Å². The number of rotatable bonds is 5. The first-order valence-electron chi connectivity index (χ1n) is 9.65. The van der Waals surface area contributed by atoms with Crippen LogP contribution in [0.4, 0.5) is 11.4 Å². The van der Waals surface area contributed by atoms with Gasteiger partial charge >= 0.3 is 5.97 Å². The van der Waals surface area contributed by atoms with Crippen molar-refractivity contribution in [3.05, 3.63) is 58.7 Å². The SMILES string of the molecule is Cc1cc(C)cc(N2C[C@@H](C(=O)OCC(=O)Nc3ccc(C)c(C)c3)CC2=O)c1. The highest BCUT2D eigenvalue weighted by Gasteiger charge is 2.36. The lowest BCUT2D eigenvalue weighted by Crippen LogP contribution is -2.28. The Hall–Kier alpha value is -3.15. The van der Waals surface area contributed by atoms with Crippen LogP contribution < -0.4 is 10.2 Å². The quantitative estimate of drug-likeness (QED) is 0.788. The second kappa shape index (κ2) is 8.47. The van der Waals surface area contributed by atoms with Gasteiger partial charge in [0.2, 0.25) is 5.91 Å². The largest absolute Gasteiger partial charge is 0.455 e. The number of esters is 1. The van der Waals surface area contributed by atoms with Crippen molar-refractivity contribution in [1.29, 1.82) is 0 Å². The van der Waals surface area contributed by atoms with Gasteiger partial charge in [0.1, 0.15) is 0 Å². The zero-order chi connectivity index (χ0) is 21.1. The van der Waals surface area contributed by atoms with Gasteiger partial charge in [-0.3, -0.25) is 14.4 Å². The Labute approximate surface area is 170 Å². The lowest BCUT2D eigenvalue weighted by molar-refractivity contribution is -0.151. The van der Waals surface area contributed by atoms with Crippen molar-refractivity contribution < 1.29 is 19.1 Å². The predicted molar refractivity (Wildman–Crippen MR) is 112 cm³/mol. The minimum atomic E-state index is -0.572. The van der Waals surface area contributed by atoms with E-state index in [1.54, 1.807) is 11.0 Å². The van der Waals surface area contributed by atoms with E-state index in [0.717, 1.165) is 27.9 Å². The minimum Gasteiger partial charge on any atom is -0.455 e. The Balaban J connectivity index is 1.55. The van der Waals surface area contributed by atoms with E-state index < -0.39 is 17.8 Å². The van der Waals surface area contributed by atoms with E-state index >= 15 is 0 Å². The molecular formula is C23H26N2O4. The molecule has 6 nitrogen and oxygen atoms in total. The molecule has 29 heavy (non-hydrogen) atoms. The van der Waals surface area contributed by atoms with Crippen LogP contribution in [-0.4, -0.2) is 30.9 Å². The predicted octanol–water partition coefficient (Wildman–Crippen LogP) is 3.46. The molecule has 0 aliphatic carbocycles. The standard InChI is InChI=1S/C23H26N2O4/c1-14-7-15(2)9-20(8-14)25-12-18(11-22(25)27)23(28)29-13-21(26)24-19-6-5-16(3)17(4)10-19/h5-10,18H,11-13H2,1-4H3,(H,24,26)/t18-/m0/s1. The number of hydrogen-bond donors (Lipinski definition) is 1. The Morgan fingerprint density at radius 2 is 1.72 bits per heavy atom. The zero-order valence-corrected chi connectivity index (χ0v) is 17.2. The Bertz CT molecular complexity index is 947. The van der Waals surface area contributed by atoms with E-state index in [1.165, 1.54) is 0 Å². The molecule has 6 heteroatoms. The summed E-state index contributed by atoms with van der Waals surface area (Å²) in [5, 5.41) is 2.72. The van der Waals surface area contributed by atoms with Crippen LogP contribution in [0.25, 0.3) is 0 Å². The highest BCUT2D eigenvalue weighted by atomic mass is 16.5. The summed E-state index contributed by atoms with van der Waals surface area (Å²) in [5.74, 6) is -1.62. The minimum absolute atomic E-state index is 0.0879. The van der Waals surface area contributed by atoms with Gasteiger partial charge in [0.05, 0.1) is 5.92 Å². The number of ether oxygens (including phenoxy) is 1. The summed E-state index contributed by atoms with van der Waals surface area (Å²) in [7, 11) is 0. The summed E-state index contributed by atoms with van der Waals surface area (Å²) in [6.07, 6.45) is 0.0879. The maximum Gasteiger partial charge on any atom is 0.311 e. The van der Waals surface area contributed by atoms with Crippen molar-refractivity contribution in [2.75, 3.05) is 23.4 Å². The fourth-order valence-corrected chi connectivity index (χ4v) is 3.49. The molecule has 0 unspecified atom stereocenters. The molecular weight excluding hydrogens is 368 g/mol. The average molecular weight is 394 g/mol. The highest BCUT2D eigenvalue weighted by Crippen LogP contribution is 2.27. The van der Waals surface area contributed by atoms with Gasteiger partial charge in [0, 0.05) is 24.3 Å². The van der Waals surface area contributed by atoms with Gasteiger partial charge in [-0.25, -0.2) is 0 Å². The van der Waals surface area contributed by atoms with Crippen molar-refractivity contribution in [3.8, 4) is 0 Å². The number of anilines is 2. The van der Waals surface area contributed by atoms with E-state index in [1.807, 2.05) is 58.0 Å². The third-order valence-corrected chi connectivity index (χ3v) is 5.11. The number of aryl methyl sites for hydroxylation is 4. The lowest BCUT2D eigenvalue weighted by atomic mass is 10.1. The maximum atomic E-state index is 12.4. The zero-order valence-electron chi connectivity index (χ0n) is 17.2. The Kier molecular flexibility index (Phi) is 6.01. The number of carbonyl (C=O) groups excluding carboxylic acids is 3. The fraction of sp³-hybridized carbons (Fsp3) is 0.348. The molecule has 1 N–H and O–H groups in total. The number of carbonyl (C=O) groups is 3. The molecule has 1 atom stereocenters. The van der Waals surface area contributed by atoms with Crippen LogP contribution in [0.2, 0.25) is 0 Å². The summed E-state index contributed by atoms with van der Waals surface area (Å²) in [6, 6.07) is 11.5. The molecule has 2 amide bonds. The van der Waals surface area contributed by atoms with Crippen LogP contribution in [0.1, 0.15) is 28.7 Å². The van der Waals surface area contributed by atoms with Crippen LogP contribution in [0.5, 0.6) is 0 Å². The maximum absolute atomic E-state index is 12.4. The molecule has 1 aliphatic rings. The van der Waals surface area contributed by atoms with Gasteiger partial charge in [-0.2, -0.15) is 0 Å². The summed E-state index contributed by atoms with van der Waals surface area (Å²) in [4.78, 5) is 38.5. The first-order chi connectivity index (χ1) is 13.7. The van der Waals surface area contributed by atoms with Crippen molar-refractivity contribution >= 4 is 29.2 Å². The molecule has 2 aromatic carbocycles. The van der Waals surface area contributed by atoms with Crippen molar-refractivity contribution in [1.82, 2.24) is 0 Å². The number of nitrogens with zero attached hydrogens (tertiary/aromatic N) is 1. The molecule has 3 rings (SSSR count). The fourth-order valence-electron chi connectivity index (χ4n) is 3.49. The summed E-state index contributed by atoms with van der Waals surface area (Å²) in [5.41, 5.74) is 5.76. The molecule has 0 saturated carbocycles. The van der Waals surface area contributed by atoms with Crippen LogP contribution in [0.15, 0.2) is 36.4 Å². The second-order valence-electron chi connectivity index (χ2n) is 7.71. The van der Waals surface area contributed by atoms with Crippen LogP contribution >= 0.6 is 0 Å². The molecule has 0 aromatic heterocycles. The van der Waals surface area contributed by atoms with Gasteiger partial charge in [-0.1, -0.05) is 12.1 Å². The van der Waals surface area contributed by atoms with Crippen LogP contribution in [0.3, 0.4) is 0 Å². The number of amides is 2. The number of hydrogen-bond acceptors (Lipinski definition) is 4. The van der Waals surface area contributed by atoms with E-state index in [-0.39, 0.29) is 25.5 Å². The van der Waals surface area contributed by atoms with Gasteiger partial charge in [0.15, 0.2) is 6.61 Å². The molecule has 152 valence electrons. The average Bonchev–Trinajstić information content (AvgIpc) is 3.04. The topological polar surface area (TPSA) is 75.7 Å². The molecule has 0 radical (unpaired) electrons. The normalized spacial score (nSPS) is 16.1. The summed E-state index contributed by atoms with van der Waals surface area (Å²) >= 11 is 0. The van der Waals surface area contributed by atoms with Gasteiger partial charge < -0.3 is 15.0 Å². The highest BCUT2D eigenvalue weighted by molar-refractivity contribution is 6.00. The van der Waals surface area contributed by atoms with Gasteiger partial charge in [0.25, 0.3) is 5.91 Å². The van der Waals surface area contributed by atoms with Gasteiger partial charge in [-0.05, 0) is 74.2 Å². The van der Waals surface area contributed by atoms with Crippen LogP contribution in [0, 0.1) is 33.6 Å². The third kappa shape index (κ3) is 5.02. The molecule has 0 spiro atoms. The molecule has 1 heterocycles. The lowest BCUT2D eigenvalue weighted by Gasteiger charge is -2.18. The monoisotopic (exact) mass is 394 g/mol. The molecule has 1 fully saturated rings. The first kappa shape index (κ1) is 20.6. The van der Waals surface area contributed by atoms with Gasteiger partial charge in [-0.15, -0.1) is 0 Å². The van der Waals surface area contributed by atoms with E-state index in [9.17, 15) is 14.4 Å². The van der Waals surface area contributed by atoms with E-state index in [4.69, 9.17) is 4.74 Å². The Morgan fingerprint density at radius 1 is 1.03 bits per heavy atom. The molecule has 1 saturated heterocycles. The smallest absolute Gasteiger partial charge is 0.311 e. The number of benzene rings is 2. The molecule has 0 bridgehead atoms. The second-order valence-corrected chi connectivity index (χ2v) is 7.71. The summed E-state index contributed by atoms with van der Waals surface area (Å²) < 4.78 is 5.16. The summed E-state index contributed by atoms with van der Waals surface area (Å²) in [6.45, 7) is 7.78. The third-order valence-electron chi connectivity index (χ3n) is 5.11. The molecule has 1 aliphatic heterocycles. The van der Waals surface area contributed by atoms with Crippen molar-refractivity contribution in [3.63, 3.8) is 0 Å². The Morgan fingerprint density at radius 3 is 2.38 bits per heavy atom. The molecule has 2 aromatic rings. The van der Waals surface area contributed by atoms with Crippen molar-refractivity contribution in [2.45, 2.75) is 34.1 Å².